The number of aromatic nitrogens is 2. The Morgan fingerprint density at radius 3 is 2.33 bits per heavy atom. The van der Waals surface area contributed by atoms with Crippen molar-refractivity contribution in [3.63, 3.8) is 0 Å². The second-order valence-corrected chi connectivity index (χ2v) is 6.09. The van der Waals surface area contributed by atoms with E-state index in [1.807, 2.05) is 22.7 Å². The summed E-state index contributed by atoms with van der Waals surface area (Å²) in [5.41, 5.74) is 1.56. The zero-order valence-corrected chi connectivity index (χ0v) is 14.2. The first-order chi connectivity index (χ1) is 11.5. The van der Waals surface area contributed by atoms with Gasteiger partial charge >= 0.3 is 5.97 Å². The molecule has 1 N–H and O–H groups in total. The van der Waals surface area contributed by atoms with Crippen molar-refractivity contribution in [3.05, 3.63) is 29.4 Å². The molecule has 0 spiro atoms. The molecule has 0 aliphatic carbocycles. The molecule has 0 bridgehead atoms. The monoisotopic (exact) mass is 348 g/mol. The minimum Gasteiger partial charge on any atom is -0.493 e. The Morgan fingerprint density at radius 2 is 1.83 bits per heavy atom. The van der Waals surface area contributed by atoms with Crippen LogP contribution in [0, 0.1) is 0 Å². The summed E-state index contributed by atoms with van der Waals surface area (Å²) in [5, 5.41) is 8.86. The minimum absolute atomic E-state index is 0.00641. The maximum atomic E-state index is 10.8. The first-order valence-corrected chi connectivity index (χ1v) is 7.87. The highest BCUT2D eigenvalue weighted by atomic mass is 32.1. The molecular weight excluding hydrogens is 332 g/mol. The van der Waals surface area contributed by atoms with Crippen LogP contribution in [-0.4, -0.2) is 41.8 Å². The number of carboxylic acids is 1. The molecule has 126 valence electrons. The summed E-state index contributed by atoms with van der Waals surface area (Å²) in [7, 11) is 4.67. The molecule has 0 radical (unpaired) electrons. The van der Waals surface area contributed by atoms with E-state index in [1.54, 1.807) is 27.5 Å². The van der Waals surface area contributed by atoms with Gasteiger partial charge in [0, 0.05) is 22.8 Å². The summed E-state index contributed by atoms with van der Waals surface area (Å²) in [4.78, 5) is 16.8. The van der Waals surface area contributed by atoms with E-state index in [2.05, 4.69) is 4.98 Å². The number of aliphatic carboxylic acids is 1. The zero-order chi connectivity index (χ0) is 17.3. The van der Waals surface area contributed by atoms with E-state index in [-0.39, 0.29) is 6.42 Å². The van der Waals surface area contributed by atoms with Crippen LogP contribution in [0.3, 0.4) is 0 Å². The van der Waals surface area contributed by atoms with Crippen LogP contribution in [0.25, 0.3) is 16.2 Å². The summed E-state index contributed by atoms with van der Waals surface area (Å²) < 4.78 is 17.9. The molecule has 1 aromatic carbocycles. The summed E-state index contributed by atoms with van der Waals surface area (Å²) >= 11 is 1.35. The van der Waals surface area contributed by atoms with Gasteiger partial charge in [-0.05, 0) is 12.1 Å². The smallest absolute Gasteiger partial charge is 0.308 e. The molecule has 8 heteroatoms. The molecule has 0 amide bonds. The summed E-state index contributed by atoms with van der Waals surface area (Å²) in [6, 6.07) is 3.65. The third kappa shape index (κ3) is 2.88. The Bertz CT molecular complexity index is 843. The van der Waals surface area contributed by atoms with E-state index >= 15 is 0 Å². The fourth-order valence-electron chi connectivity index (χ4n) is 2.44. The van der Waals surface area contributed by atoms with Crippen LogP contribution in [0.2, 0.25) is 0 Å². The Kier molecular flexibility index (Phi) is 4.30. The predicted molar refractivity (Wildman–Crippen MR) is 89.5 cm³/mol. The lowest BCUT2D eigenvalue weighted by atomic mass is 10.1. The number of hydrogen-bond acceptors (Lipinski definition) is 6. The lowest BCUT2D eigenvalue weighted by Crippen LogP contribution is -1.97. The van der Waals surface area contributed by atoms with Gasteiger partial charge in [-0.15, -0.1) is 11.3 Å². The number of hydrogen-bond donors (Lipinski definition) is 1. The van der Waals surface area contributed by atoms with Gasteiger partial charge in [-0.1, -0.05) is 0 Å². The van der Waals surface area contributed by atoms with Crippen molar-refractivity contribution >= 4 is 22.3 Å². The van der Waals surface area contributed by atoms with Gasteiger partial charge in [0.15, 0.2) is 16.5 Å². The highest BCUT2D eigenvalue weighted by Gasteiger charge is 2.16. The number of ether oxygens (including phenoxy) is 3. The van der Waals surface area contributed by atoms with Crippen molar-refractivity contribution in [3.8, 4) is 28.5 Å². The van der Waals surface area contributed by atoms with Gasteiger partial charge in [-0.25, -0.2) is 4.98 Å². The van der Waals surface area contributed by atoms with Crippen molar-refractivity contribution in [2.45, 2.75) is 6.42 Å². The van der Waals surface area contributed by atoms with Crippen LogP contribution < -0.4 is 14.2 Å². The normalized spacial score (nSPS) is 10.8. The molecule has 0 aliphatic heterocycles. The predicted octanol–water partition coefficient (Wildman–Crippen LogP) is 2.72. The third-order valence-electron chi connectivity index (χ3n) is 3.49. The molecule has 3 rings (SSSR count). The largest absolute Gasteiger partial charge is 0.493 e. The van der Waals surface area contributed by atoms with Crippen molar-refractivity contribution < 1.29 is 24.1 Å². The quantitative estimate of drug-likeness (QED) is 0.737. The number of nitrogens with zero attached hydrogens (tertiary/aromatic N) is 2. The average molecular weight is 348 g/mol. The number of thiazole rings is 1. The molecule has 3 aromatic rings. The van der Waals surface area contributed by atoms with E-state index < -0.39 is 5.97 Å². The second kappa shape index (κ2) is 6.40. The molecule has 0 aliphatic rings. The van der Waals surface area contributed by atoms with Crippen molar-refractivity contribution in [1.29, 1.82) is 0 Å². The highest BCUT2D eigenvalue weighted by Crippen LogP contribution is 2.41. The first-order valence-electron chi connectivity index (χ1n) is 7.05. The molecular formula is C16H16N2O5S. The third-order valence-corrected chi connectivity index (χ3v) is 4.49. The van der Waals surface area contributed by atoms with Crippen LogP contribution in [0.5, 0.6) is 17.2 Å². The van der Waals surface area contributed by atoms with Gasteiger partial charge < -0.3 is 19.3 Å². The fourth-order valence-corrected chi connectivity index (χ4v) is 3.39. The van der Waals surface area contributed by atoms with Crippen molar-refractivity contribution in [1.82, 2.24) is 9.38 Å². The number of rotatable bonds is 6. The topological polar surface area (TPSA) is 82.3 Å². The first kappa shape index (κ1) is 16.1. The van der Waals surface area contributed by atoms with Crippen LogP contribution >= 0.6 is 11.3 Å². The van der Waals surface area contributed by atoms with E-state index in [9.17, 15) is 4.79 Å². The van der Waals surface area contributed by atoms with Gasteiger partial charge in [0.1, 0.15) is 0 Å². The van der Waals surface area contributed by atoms with Gasteiger partial charge in [0.2, 0.25) is 5.75 Å². The molecule has 2 heterocycles. The average Bonchev–Trinajstić information content (AvgIpc) is 3.10. The number of carboxylic acid groups (broad SMARTS) is 1. The molecule has 0 saturated carbocycles. The molecule has 24 heavy (non-hydrogen) atoms. The lowest BCUT2D eigenvalue weighted by Gasteiger charge is -2.13. The van der Waals surface area contributed by atoms with Gasteiger partial charge in [0.05, 0.1) is 33.4 Å². The van der Waals surface area contributed by atoms with Crippen molar-refractivity contribution in [2.24, 2.45) is 0 Å². The maximum absolute atomic E-state index is 10.8. The maximum Gasteiger partial charge on any atom is 0.308 e. The molecule has 0 unspecified atom stereocenters. The van der Waals surface area contributed by atoms with Crippen LogP contribution in [-0.2, 0) is 11.2 Å². The zero-order valence-electron chi connectivity index (χ0n) is 13.4. The molecule has 7 nitrogen and oxygen atoms in total. The van der Waals surface area contributed by atoms with Gasteiger partial charge in [-0.3, -0.25) is 9.20 Å². The standard InChI is InChI=1S/C16H16N2O5S/c1-21-12-4-9(5-13(22-2)15(12)23-3)11-8-18-7-10(6-14(19)20)24-16(18)17-11/h4-5,7-8H,6H2,1-3H3,(H,19,20). The molecule has 2 aromatic heterocycles. The number of benzene rings is 1. The van der Waals surface area contributed by atoms with Gasteiger partial charge in [0.25, 0.3) is 0 Å². The van der Waals surface area contributed by atoms with Crippen LogP contribution in [0.15, 0.2) is 24.5 Å². The Labute approximate surface area is 142 Å². The molecule has 0 atom stereocenters. The summed E-state index contributed by atoms with van der Waals surface area (Å²) in [5.74, 6) is 0.766. The Hall–Kier alpha value is -2.74. The summed E-state index contributed by atoms with van der Waals surface area (Å²) in [6.45, 7) is 0. The number of fused-ring (bicyclic) bond motifs is 1. The Balaban J connectivity index is 2.03. The number of methoxy groups -OCH3 is 3. The number of imidazole rings is 1. The molecule has 0 saturated heterocycles. The van der Waals surface area contributed by atoms with Crippen LogP contribution in [0.1, 0.15) is 4.88 Å². The minimum atomic E-state index is -0.857. The van der Waals surface area contributed by atoms with Gasteiger partial charge in [-0.2, -0.15) is 0 Å². The van der Waals surface area contributed by atoms with E-state index in [0.29, 0.717) is 17.2 Å². The number of carbonyl (C=O) groups is 1. The van der Waals surface area contributed by atoms with Crippen molar-refractivity contribution in [2.75, 3.05) is 21.3 Å². The lowest BCUT2D eigenvalue weighted by molar-refractivity contribution is -0.136. The van der Waals surface area contributed by atoms with E-state index in [0.717, 1.165) is 21.1 Å². The second-order valence-electron chi connectivity index (χ2n) is 5.00. The SMILES string of the molecule is COc1cc(-c2cn3cc(CC(=O)O)sc3n2)cc(OC)c1OC. The van der Waals surface area contributed by atoms with Crippen LogP contribution in [0.4, 0.5) is 0 Å². The Morgan fingerprint density at radius 1 is 1.17 bits per heavy atom. The van der Waals surface area contributed by atoms with E-state index in [1.165, 1.54) is 11.3 Å². The highest BCUT2D eigenvalue weighted by molar-refractivity contribution is 7.17. The summed E-state index contributed by atoms with van der Waals surface area (Å²) in [6.07, 6.45) is 3.62. The fraction of sp³-hybridized carbons (Fsp3) is 0.250. The van der Waals surface area contributed by atoms with E-state index in [4.69, 9.17) is 19.3 Å². The molecule has 0 fully saturated rings.